The van der Waals surface area contributed by atoms with Crippen LogP contribution in [0.2, 0.25) is 0 Å². The van der Waals surface area contributed by atoms with Gasteiger partial charge < -0.3 is 10.4 Å². The standard InChI is InChI=1S/C16H25FN2O4S/c1-4-12(5-2)14(20)10-18-16(21)11(3)19-24(22,23)15-9-7-6-8-13(15)17/h6-9,11-12,14,19-20H,4-5,10H2,1-3H3,(H,18,21)/t11-,14?/m0/s1. The summed E-state index contributed by atoms with van der Waals surface area (Å²) in [4.78, 5) is 11.5. The molecule has 6 nitrogen and oxygen atoms in total. The van der Waals surface area contributed by atoms with Gasteiger partial charge in [-0.3, -0.25) is 4.79 Å². The van der Waals surface area contributed by atoms with Gasteiger partial charge in [-0.15, -0.1) is 0 Å². The first-order valence-electron chi connectivity index (χ1n) is 7.95. The van der Waals surface area contributed by atoms with Crippen LogP contribution in [0.15, 0.2) is 29.2 Å². The van der Waals surface area contributed by atoms with E-state index in [0.29, 0.717) is 0 Å². The second kappa shape index (κ2) is 9.10. The number of hydrogen-bond acceptors (Lipinski definition) is 4. The molecule has 0 bridgehead atoms. The van der Waals surface area contributed by atoms with E-state index in [0.717, 1.165) is 25.0 Å². The molecule has 3 N–H and O–H groups in total. The molecular formula is C16H25FN2O4S. The van der Waals surface area contributed by atoms with Crippen molar-refractivity contribution in [2.45, 2.75) is 50.7 Å². The van der Waals surface area contributed by atoms with E-state index < -0.39 is 38.8 Å². The van der Waals surface area contributed by atoms with Gasteiger partial charge in [0.05, 0.1) is 12.1 Å². The summed E-state index contributed by atoms with van der Waals surface area (Å²) in [6.45, 7) is 5.29. The summed E-state index contributed by atoms with van der Waals surface area (Å²) in [5, 5.41) is 12.5. The Kier molecular flexibility index (Phi) is 7.78. The molecule has 0 spiro atoms. The maximum Gasteiger partial charge on any atom is 0.244 e. The summed E-state index contributed by atoms with van der Waals surface area (Å²) in [6.07, 6.45) is 0.866. The number of aliphatic hydroxyl groups excluding tert-OH is 1. The highest BCUT2D eigenvalue weighted by atomic mass is 32.2. The number of halogens is 1. The van der Waals surface area contributed by atoms with Crippen LogP contribution in [-0.4, -0.2) is 38.1 Å². The average Bonchev–Trinajstić information content (AvgIpc) is 2.53. The Bertz CT molecular complexity index is 647. The lowest BCUT2D eigenvalue weighted by atomic mass is 9.96. The Morgan fingerprint density at radius 3 is 2.38 bits per heavy atom. The molecule has 136 valence electrons. The molecule has 0 fully saturated rings. The number of carbonyl (C=O) groups excluding carboxylic acids is 1. The monoisotopic (exact) mass is 360 g/mol. The molecule has 8 heteroatoms. The van der Waals surface area contributed by atoms with Crippen LogP contribution in [0.4, 0.5) is 4.39 Å². The average molecular weight is 360 g/mol. The summed E-state index contributed by atoms with van der Waals surface area (Å²) < 4.78 is 40.0. The largest absolute Gasteiger partial charge is 0.391 e. The van der Waals surface area contributed by atoms with E-state index in [2.05, 4.69) is 10.0 Å². The van der Waals surface area contributed by atoms with Crippen molar-refractivity contribution in [3.8, 4) is 0 Å². The topological polar surface area (TPSA) is 95.5 Å². The van der Waals surface area contributed by atoms with Crippen molar-refractivity contribution in [1.82, 2.24) is 10.0 Å². The van der Waals surface area contributed by atoms with Crippen molar-refractivity contribution in [1.29, 1.82) is 0 Å². The Hall–Kier alpha value is -1.51. The molecule has 0 aliphatic rings. The highest BCUT2D eigenvalue weighted by Gasteiger charge is 2.25. The molecule has 0 heterocycles. The zero-order chi connectivity index (χ0) is 18.3. The van der Waals surface area contributed by atoms with Crippen LogP contribution in [0, 0.1) is 11.7 Å². The van der Waals surface area contributed by atoms with Gasteiger partial charge in [0.1, 0.15) is 10.7 Å². The van der Waals surface area contributed by atoms with E-state index >= 15 is 0 Å². The predicted octanol–water partition coefficient (Wildman–Crippen LogP) is 1.41. The minimum absolute atomic E-state index is 0.0386. The van der Waals surface area contributed by atoms with Gasteiger partial charge in [-0.25, -0.2) is 12.8 Å². The molecule has 1 amide bonds. The fourth-order valence-corrected chi connectivity index (χ4v) is 3.65. The van der Waals surface area contributed by atoms with Gasteiger partial charge in [-0.2, -0.15) is 4.72 Å². The van der Waals surface area contributed by atoms with Crippen LogP contribution < -0.4 is 10.0 Å². The molecule has 0 radical (unpaired) electrons. The highest BCUT2D eigenvalue weighted by molar-refractivity contribution is 7.89. The number of nitrogens with one attached hydrogen (secondary N) is 2. The quantitative estimate of drug-likeness (QED) is 0.620. The molecule has 24 heavy (non-hydrogen) atoms. The van der Waals surface area contributed by atoms with Gasteiger partial charge in [0.25, 0.3) is 0 Å². The Balaban J connectivity index is 2.65. The fraction of sp³-hybridized carbons (Fsp3) is 0.562. The van der Waals surface area contributed by atoms with E-state index in [1.165, 1.54) is 19.1 Å². The van der Waals surface area contributed by atoms with Crippen LogP contribution in [0.3, 0.4) is 0 Å². The third-order valence-corrected chi connectivity index (χ3v) is 5.50. The summed E-state index contributed by atoms with van der Waals surface area (Å²) in [7, 11) is -4.15. The third kappa shape index (κ3) is 5.54. The minimum atomic E-state index is -4.15. The van der Waals surface area contributed by atoms with E-state index in [1.807, 2.05) is 13.8 Å². The summed E-state index contributed by atoms with van der Waals surface area (Å²) in [5.41, 5.74) is 0. The molecule has 1 rings (SSSR count). The number of carbonyl (C=O) groups is 1. The van der Waals surface area contributed by atoms with Gasteiger partial charge in [0.2, 0.25) is 15.9 Å². The van der Waals surface area contributed by atoms with Gasteiger partial charge in [0.15, 0.2) is 0 Å². The van der Waals surface area contributed by atoms with E-state index in [1.54, 1.807) is 0 Å². The molecule has 1 unspecified atom stereocenters. The summed E-state index contributed by atoms with van der Waals surface area (Å²) in [6, 6.07) is 3.84. The molecule has 0 aromatic heterocycles. The lowest BCUT2D eigenvalue weighted by Gasteiger charge is -2.21. The maximum absolute atomic E-state index is 13.6. The number of amides is 1. The lowest BCUT2D eigenvalue weighted by molar-refractivity contribution is -0.123. The first-order chi connectivity index (χ1) is 11.2. The zero-order valence-corrected chi connectivity index (χ0v) is 14.9. The molecule has 1 aromatic rings. The van der Waals surface area contributed by atoms with Crippen molar-refractivity contribution in [2.75, 3.05) is 6.54 Å². The summed E-state index contributed by atoms with van der Waals surface area (Å²) in [5.74, 6) is -1.41. The van der Waals surface area contributed by atoms with Crippen molar-refractivity contribution >= 4 is 15.9 Å². The van der Waals surface area contributed by atoms with Crippen molar-refractivity contribution < 1.29 is 22.7 Å². The van der Waals surface area contributed by atoms with Gasteiger partial charge in [0, 0.05) is 6.54 Å². The first-order valence-corrected chi connectivity index (χ1v) is 9.43. The zero-order valence-electron chi connectivity index (χ0n) is 14.1. The van der Waals surface area contributed by atoms with Gasteiger partial charge in [-0.1, -0.05) is 38.8 Å². The van der Waals surface area contributed by atoms with Gasteiger partial charge in [-0.05, 0) is 25.0 Å². The van der Waals surface area contributed by atoms with Crippen LogP contribution >= 0.6 is 0 Å². The number of hydrogen-bond donors (Lipinski definition) is 3. The summed E-state index contributed by atoms with van der Waals surface area (Å²) >= 11 is 0. The SMILES string of the molecule is CCC(CC)C(O)CNC(=O)[C@H](C)NS(=O)(=O)c1ccccc1F. The smallest absolute Gasteiger partial charge is 0.244 e. The first kappa shape index (κ1) is 20.5. The van der Waals surface area contributed by atoms with Crippen LogP contribution in [0.5, 0.6) is 0 Å². The van der Waals surface area contributed by atoms with Crippen molar-refractivity contribution in [2.24, 2.45) is 5.92 Å². The molecule has 0 saturated heterocycles. The highest BCUT2D eigenvalue weighted by Crippen LogP contribution is 2.14. The van der Waals surface area contributed by atoms with Crippen LogP contribution in [-0.2, 0) is 14.8 Å². The lowest BCUT2D eigenvalue weighted by Crippen LogP contribution is -2.47. The Morgan fingerprint density at radius 2 is 1.83 bits per heavy atom. The Morgan fingerprint density at radius 1 is 1.25 bits per heavy atom. The molecule has 0 saturated carbocycles. The number of benzene rings is 1. The molecule has 2 atom stereocenters. The van der Waals surface area contributed by atoms with Crippen molar-refractivity contribution in [3.05, 3.63) is 30.1 Å². The van der Waals surface area contributed by atoms with E-state index in [4.69, 9.17) is 0 Å². The van der Waals surface area contributed by atoms with Gasteiger partial charge >= 0.3 is 0 Å². The van der Waals surface area contributed by atoms with Crippen LogP contribution in [0.25, 0.3) is 0 Å². The minimum Gasteiger partial charge on any atom is -0.391 e. The molecular weight excluding hydrogens is 335 g/mol. The Labute approximate surface area is 142 Å². The van der Waals surface area contributed by atoms with E-state index in [-0.39, 0.29) is 12.5 Å². The maximum atomic E-state index is 13.6. The number of aliphatic hydroxyl groups is 1. The fourth-order valence-electron chi connectivity index (χ4n) is 2.37. The van der Waals surface area contributed by atoms with Crippen molar-refractivity contribution in [3.63, 3.8) is 0 Å². The van der Waals surface area contributed by atoms with E-state index in [9.17, 15) is 22.7 Å². The molecule has 1 aromatic carbocycles. The van der Waals surface area contributed by atoms with Crippen LogP contribution in [0.1, 0.15) is 33.6 Å². The molecule has 0 aliphatic heterocycles. The number of sulfonamides is 1. The molecule has 0 aliphatic carbocycles. The second-order valence-electron chi connectivity index (χ2n) is 5.66. The normalized spacial score (nSPS) is 14.4. The predicted molar refractivity (Wildman–Crippen MR) is 89.3 cm³/mol. The number of rotatable bonds is 9. The second-order valence-corrected chi connectivity index (χ2v) is 7.34. The third-order valence-electron chi connectivity index (χ3n) is 3.93.